The average Bonchev–Trinajstić information content (AvgIpc) is 3.11. The molecule has 182 valence electrons. The Bertz CT molecular complexity index is 1220. The van der Waals surface area contributed by atoms with Gasteiger partial charge in [0.1, 0.15) is 10.7 Å². The summed E-state index contributed by atoms with van der Waals surface area (Å²) in [5, 5.41) is 3.54. The van der Waals surface area contributed by atoms with Crippen molar-refractivity contribution in [3.8, 4) is 0 Å². The van der Waals surface area contributed by atoms with E-state index >= 15 is 0 Å². The second-order valence-electron chi connectivity index (χ2n) is 9.23. The fourth-order valence-corrected chi connectivity index (χ4v) is 6.30. The monoisotopic (exact) mass is 498 g/mol. The Morgan fingerprint density at radius 2 is 2.06 bits per heavy atom. The maximum absolute atomic E-state index is 12.8. The molecule has 6 nitrogen and oxygen atoms in total. The molecule has 2 unspecified atom stereocenters. The quantitative estimate of drug-likeness (QED) is 0.461. The number of thiophene rings is 1. The van der Waals surface area contributed by atoms with Gasteiger partial charge in [0.15, 0.2) is 0 Å². The predicted octanol–water partition coefficient (Wildman–Crippen LogP) is 4.91. The third-order valence-corrected chi connectivity index (χ3v) is 9.07. The summed E-state index contributed by atoms with van der Waals surface area (Å²) < 4.78 is 0. The van der Waals surface area contributed by atoms with Crippen LogP contribution in [-0.4, -0.2) is 38.6 Å². The zero-order chi connectivity index (χ0) is 24.2. The molecule has 1 amide bonds. The SMILES string of the molecule is Cc1sc2nc(CSC(C)C(=O)NCc3ccccc3CN3CCCCC3C)[nH]c(=O)c2c1C. The van der Waals surface area contributed by atoms with E-state index in [1.54, 1.807) is 11.3 Å². The van der Waals surface area contributed by atoms with E-state index in [4.69, 9.17) is 0 Å². The second kappa shape index (κ2) is 11.1. The number of H-pyrrole nitrogens is 1. The summed E-state index contributed by atoms with van der Waals surface area (Å²) in [5.74, 6) is 1.10. The van der Waals surface area contributed by atoms with E-state index in [2.05, 4.69) is 45.3 Å². The third-order valence-electron chi connectivity index (χ3n) is 6.81. The lowest BCUT2D eigenvalue weighted by molar-refractivity contribution is -0.120. The molecule has 4 rings (SSSR count). The molecule has 1 saturated heterocycles. The Morgan fingerprint density at radius 1 is 1.29 bits per heavy atom. The number of rotatable bonds is 8. The molecular formula is C26H34N4O2S2. The topological polar surface area (TPSA) is 78.1 Å². The number of piperidine rings is 1. The summed E-state index contributed by atoms with van der Waals surface area (Å²) >= 11 is 3.03. The number of benzene rings is 1. The predicted molar refractivity (Wildman–Crippen MR) is 142 cm³/mol. The average molecular weight is 499 g/mol. The molecule has 8 heteroatoms. The van der Waals surface area contributed by atoms with Crippen LogP contribution >= 0.6 is 23.1 Å². The highest BCUT2D eigenvalue weighted by Crippen LogP contribution is 2.26. The van der Waals surface area contributed by atoms with Gasteiger partial charge in [-0.05, 0) is 63.8 Å². The van der Waals surface area contributed by atoms with Crippen LogP contribution in [0.2, 0.25) is 0 Å². The number of aromatic nitrogens is 2. The third kappa shape index (κ3) is 5.73. The molecule has 1 fully saturated rings. The largest absolute Gasteiger partial charge is 0.351 e. The number of hydrogen-bond donors (Lipinski definition) is 2. The van der Waals surface area contributed by atoms with E-state index < -0.39 is 0 Å². The van der Waals surface area contributed by atoms with Crippen molar-refractivity contribution in [1.82, 2.24) is 20.2 Å². The number of likely N-dealkylation sites (tertiary alicyclic amines) is 1. The molecule has 2 N–H and O–H groups in total. The van der Waals surface area contributed by atoms with Crippen LogP contribution in [0.1, 0.15) is 60.5 Å². The van der Waals surface area contributed by atoms with Gasteiger partial charge in [-0.25, -0.2) is 4.98 Å². The fraction of sp³-hybridized carbons (Fsp3) is 0.500. The van der Waals surface area contributed by atoms with E-state index in [1.165, 1.54) is 42.2 Å². The Kier molecular flexibility index (Phi) is 8.11. The molecule has 0 saturated carbocycles. The van der Waals surface area contributed by atoms with Gasteiger partial charge in [-0.3, -0.25) is 14.5 Å². The van der Waals surface area contributed by atoms with Crippen molar-refractivity contribution in [2.45, 2.75) is 77.1 Å². The number of aryl methyl sites for hydroxylation is 2. The van der Waals surface area contributed by atoms with Gasteiger partial charge >= 0.3 is 0 Å². The van der Waals surface area contributed by atoms with Crippen LogP contribution in [0, 0.1) is 13.8 Å². The van der Waals surface area contributed by atoms with Crippen molar-refractivity contribution in [2.24, 2.45) is 0 Å². The van der Waals surface area contributed by atoms with Gasteiger partial charge in [-0.15, -0.1) is 23.1 Å². The lowest BCUT2D eigenvalue weighted by atomic mass is 10.0. The Hall–Kier alpha value is -2.16. The van der Waals surface area contributed by atoms with Gasteiger partial charge in [0.2, 0.25) is 5.91 Å². The standard InChI is InChI=1S/C26H34N4O2S2/c1-16-9-7-8-12-30(16)14-21-11-6-5-10-20(21)13-27-24(31)19(4)33-15-22-28-25(32)23-17(2)18(3)34-26(23)29-22/h5-6,10-11,16,19H,7-9,12-15H2,1-4H3,(H,27,31)(H,28,29,32). The first-order chi connectivity index (χ1) is 16.3. The molecule has 2 aromatic heterocycles. The second-order valence-corrected chi connectivity index (χ2v) is 11.8. The Balaban J connectivity index is 1.33. The van der Waals surface area contributed by atoms with E-state index in [9.17, 15) is 9.59 Å². The highest BCUT2D eigenvalue weighted by atomic mass is 32.2. The number of fused-ring (bicyclic) bond motifs is 1. The van der Waals surface area contributed by atoms with Crippen molar-refractivity contribution < 1.29 is 4.79 Å². The molecule has 0 radical (unpaired) electrons. The number of aromatic amines is 1. The van der Waals surface area contributed by atoms with Crippen molar-refractivity contribution in [3.63, 3.8) is 0 Å². The summed E-state index contributed by atoms with van der Waals surface area (Å²) in [7, 11) is 0. The van der Waals surface area contributed by atoms with E-state index in [0.29, 0.717) is 29.6 Å². The molecule has 34 heavy (non-hydrogen) atoms. The van der Waals surface area contributed by atoms with Crippen LogP contribution in [0.15, 0.2) is 29.1 Å². The molecule has 0 spiro atoms. The van der Waals surface area contributed by atoms with Crippen LogP contribution in [0.4, 0.5) is 0 Å². The molecule has 1 aliphatic heterocycles. The molecule has 0 bridgehead atoms. The minimum Gasteiger partial charge on any atom is -0.351 e. The van der Waals surface area contributed by atoms with Crippen LogP contribution in [0.25, 0.3) is 10.2 Å². The lowest BCUT2D eigenvalue weighted by Gasteiger charge is -2.33. The van der Waals surface area contributed by atoms with Crippen molar-refractivity contribution in [2.75, 3.05) is 6.54 Å². The van der Waals surface area contributed by atoms with Gasteiger partial charge < -0.3 is 10.3 Å². The van der Waals surface area contributed by atoms with Crippen molar-refractivity contribution >= 4 is 39.2 Å². The van der Waals surface area contributed by atoms with Crippen molar-refractivity contribution in [1.29, 1.82) is 0 Å². The number of nitrogens with zero attached hydrogens (tertiary/aromatic N) is 2. The molecular weight excluding hydrogens is 464 g/mol. The smallest absolute Gasteiger partial charge is 0.259 e. The number of hydrogen-bond acceptors (Lipinski definition) is 6. The summed E-state index contributed by atoms with van der Waals surface area (Å²) in [6.45, 7) is 10.8. The molecule has 3 aromatic rings. The van der Waals surface area contributed by atoms with Gasteiger partial charge in [-0.2, -0.15) is 0 Å². The Labute approximate surface area is 209 Å². The fourth-order valence-electron chi connectivity index (χ4n) is 4.47. The first-order valence-corrected chi connectivity index (χ1v) is 13.9. The van der Waals surface area contributed by atoms with E-state index in [1.807, 2.05) is 26.8 Å². The number of thioether (sulfide) groups is 1. The summed E-state index contributed by atoms with van der Waals surface area (Å²) in [4.78, 5) is 37.2. The van der Waals surface area contributed by atoms with Gasteiger partial charge in [0, 0.05) is 24.0 Å². The summed E-state index contributed by atoms with van der Waals surface area (Å²) in [6, 6.07) is 9.00. The maximum Gasteiger partial charge on any atom is 0.259 e. The number of nitrogens with one attached hydrogen (secondary N) is 2. The van der Waals surface area contributed by atoms with Crippen LogP contribution in [0.3, 0.4) is 0 Å². The minimum atomic E-state index is -0.248. The van der Waals surface area contributed by atoms with Crippen LogP contribution in [-0.2, 0) is 23.6 Å². The molecule has 0 aliphatic carbocycles. The first kappa shape index (κ1) is 24.9. The van der Waals surface area contributed by atoms with Crippen LogP contribution in [0.5, 0.6) is 0 Å². The molecule has 1 aliphatic rings. The van der Waals surface area contributed by atoms with Gasteiger partial charge in [0.05, 0.1) is 16.4 Å². The summed E-state index contributed by atoms with van der Waals surface area (Å²) in [6.07, 6.45) is 3.83. The highest BCUT2D eigenvalue weighted by Gasteiger charge is 2.20. The normalized spacial score (nSPS) is 17.7. The highest BCUT2D eigenvalue weighted by molar-refractivity contribution is 7.99. The van der Waals surface area contributed by atoms with Crippen molar-refractivity contribution in [3.05, 3.63) is 62.0 Å². The molecule has 1 aromatic carbocycles. The minimum absolute atomic E-state index is 0.00242. The van der Waals surface area contributed by atoms with Gasteiger partial charge in [-0.1, -0.05) is 30.7 Å². The summed E-state index contributed by atoms with van der Waals surface area (Å²) in [5.41, 5.74) is 3.36. The van der Waals surface area contributed by atoms with E-state index in [0.717, 1.165) is 28.4 Å². The number of carbonyl (C=O) groups excluding carboxylic acids is 1. The zero-order valence-corrected chi connectivity index (χ0v) is 22.1. The molecule has 2 atom stereocenters. The van der Waals surface area contributed by atoms with Crippen LogP contribution < -0.4 is 10.9 Å². The maximum atomic E-state index is 12.8. The van der Waals surface area contributed by atoms with E-state index in [-0.39, 0.29) is 16.7 Å². The number of amides is 1. The Morgan fingerprint density at radius 3 is 2.82 bits per heavy atom. The zero-order valence-electron chi connectivity index (χ0n) is 20.4. The lowest BCUT2D eigenvalue weighted by Crippen LogP contribution is -2.37. The first-order valence-electron chi connectivity index (χ1n) is 12.0. The molecule has 3 heterocycles. The van der Waals surface area contributed by atoms with Gasteiger partial charge in [0.25, 0.3) is 5.56 Å². The number of carbonyl (C=O) groups is 1.